The van der Waals surface area contributed by atoms with Crippen LogP contribution in [0.5, 0.6) is 0 Å². The van der Waals surface area contributed by atoms with Crippen LogP contribution in [0.1, 0.15) is 47.6 Å². The number of ether oxygens (including phenoxy) is 1. The van der Waals surface area contributed by atoms with Gasteiger partial charge < -0.3 is 9.64 Å². The number of likely N-dealkylation sites (tertiary alicyclic amines) is 1. The van der Waals surface area contributed by atoms with Crippen LogP contribution in [-0.4, -0.2) is 47.6 Å². The van der Waals surface area contributed by atoms with Crippen molar-refractivity contribution < 1.29 is 9.53 Å². The van der Waals surface area contributed by atoms with E-state index in [-0.39, 0.29) is 5.97 Å². The number of hydrogen-bond donors (Lipinski definition) is 0. The van der Waals surface area contributed by atoms with Gasteiger partial charge in [-0.05, 0) is 46.8 Å². The highest BCUT2D eigenvalue weighted by Gasteiger charge is 2.25. The summed E-state index contributed by atoms with van der Waals surface area (Å²) in [6, 6.07) is 0. The molecule has 19 heavy (non-hydrogen) atoms. The smallest absolute Gasteiger partial charge is 0.341 e. The van der Waals surface area contributed by atoms with Gasteiger partial charge >= 0.3 is 5.97 Å². The molecule has 2 heterocycles. The number of aromatic nitrogens is 2. The summed E-state index contributed by atoms with van der Waals surface area (Å²) in [6.45, 7) is 6.11. The first-order valence-corrected chi connectivity index (χ1v) is 6.81. The normalized spacial score (nSPS) is 17.4. The van der Waals surface area contributed by atoms with Crippen molar-refractivity contribution in [1.82, 2.24) is 14.9 Å². The molecule has 5 nitrogen and oxygen atoms in total. The SMILES string of the molecule is CCOC(=O)c1cnc(C)nc1C1CCN(C)CC1. The van der Waals surface area contributed by atoms with Crippen molar-refractivity contribution in [3.63, 3.8) is 0 Å². The number of carbonyl (C=O) groups is 1. The van der Waals surface area contributed by atoms with Crippen molar-refractivity contribution in [1.29, 1.82) is 0 Å². The summed E-state index contributed by atoms with van der Waals surface area (Å²) in [6.07, 6.45) is 3.66. The quantitative estimate of drug-likeness (QED) is 0.778. The Hall–Kier alpha value is -1.49. The van der Waals surface area contributed by atoms with Crippen molar-refractivity contribution >= 4 is 5.97 Å². The van der Waals surface area contributed by atoms with E-state index in [1.807, 2.05) is 13.8 Å². The lowest BCUT2D eigenvalue weighted by molar-refractivity contribution is 0.0522. The average Bonchev–Trinajstić information content (AvgIpc) is 2.39. The van der Waals surface area contributed by atoms with Gasteiger partial charge in [0.05, 0.1) is 17.9 Å². The lowest BCUT2D eigenvalue weighted by atomic mass is 9.91. The van der Waals surface area contributed by atoms with Gasteiger partial charge in [-0.1, -0.05) is 0 Å². The number of piperidine rings is 1. The van der Waals surface area contributed by atoms with Crippen molar-refractivity contribution in [2.45, 2.75) is 32.6 Å². The topological polar surface area (TPSA) is 55.3 Å². The fourth-order valence-corrected chi connectivity index (χ4v) is 2.45. The molecule has 0 N–H and O–H groups in total. The highest BCUT2D eigenvalue weighted by molar-refractivity contribution is 5.90. The second kappa shape index (κ2) is 6.10. The second-order valence-electron chi connectivity index (χ2n) is 5.01. The van der Waals surface area contributed by atoms with Crippen LogP contribution < -0.4 is 0 Å². The molecule has 0 atom stereocenters. The van der Waals surface area contributed by atoms with E-state index in [0.717, 1.165) is 31.6 Å². The maximum absolute atomic E-state index is 12.0. The largest absolute Gasteiger partial charge is 0.462 e. The van der Waals surface area contributed by atoms with Crippen LogP contribution in [0.3, 0.4) is 0 Å². The first-order chi connectivity index (χ1) is 9.11. The lowest BCUT2D eigenvalue weighted by Crippen LogP contribution is -2.30. The number of hydrogen-bond acceptors (Lipinski definition) is 5. The molecule has 0 amide bonds. The number of esters is 1. The van der Waals surface area contributed by atoms with Crippen molar-refractivity contribution in [3.8, 4) is 0 Å². The van der Waals surface area contributed by atoms with Crippen LogP contribution in [0, 0.1) is 6.92 Å². The Balaban J connectivity index is 2.27. The van der Waals surface area contributed by atoms with E-state index in [4.69, 9.17) is 4.74 Å². The van der Waals surface area contributed by atoms with Gasteiger partial charge in [-0.3, -0.25) is 0 Å². The Morgan fingerprint density at radius 3 is 2.79 bits per heavy atom. The zero-order valence-electron chi connectivity index (χ0n) is 11.8. The van der Waals surface area contributed by atoms with E-state index in [9.17, 15) is 4.79 Å². The highest BCUT2D eigenvalue weighted by atomic mass is 16.5. The molecule has 104 valence electrons. The first-order valence-electron chi connectivity index (χ1n) is 6.81. The number of aryl methyl sites for hydroxylation is 1. The maximum atomic E-state index is 12.0. The van der Waals surface area contributed by atoms with E-state index in [0.29, 0.717) is 23.9 Å². The zero-order valence-corrected chi connectivity index (χ0v) is 11.8. The number of nitrogens with zero attached hydrogens (tertiary/aromatic N) is 3. The molecule has 1 aromatic rings. The number of carbonyl (C=O) groups excluding carboxylic acids is 1. The Kier molecular flexibility index (Phi) is 4.47. The molecular formula is C14H21N3O2. The van der Waals surface area contributed by atoms with E-state index in [1.165, 1.54) is 0 Å². The van der Waals surface area contributed by atoms with Crippen LogP contribution in [0.25, 0.3) is 0 Å². The summed E-state index contributed by atoms with van der Waals surface area (Å²) in [7, 11) is 2.12. The predicted molar refractivity (Wildman–Crippen MR) is 72.2 cm³/mol. The number of rotatable bonds is 3. The third-order valence-electron chi connectivity index (χ3n) is 3.54. The molecule has 2 rings (SSSR count). The highest BCUT2D eigenvalue weighted by Crippen LogP contribution is 2.28. The van der Waals surface area contributed by atoms with Gasteiger partial charge in [0.1, 0.15) is 5.82 Å². The van der Waals surface area contributed by atoms with E-state index < -0.39 is 0 Å². The van der Waals surface area contributed by atoms with Crippen LogP contribution in [0.4, 0.5) is 0 Å². The summed E-state index contributed by atoms with van der Waals surface area (Å²) in [5.41, 5.74) is 1.39. The summed E-state index contributed by atoms with van der Waals surface area (Å²) in [5, 5.41) is 0. The van der Waals surface area contributed by atoms with Gasteiger partial charge in [-0.15, -0.1) is 0 Å². The monoisotopic (exact) mass is 263 g/mol. The van der Waals surface area contributed by atoms with E-state index in [1.54, 1.807) is 6.20 Å². The van der Waals surface area contributed by atoms with Gasteiger partial charge in [-0.2, -0.15) is 0 Å². The minimum atomic E-state index is -0.309. The standard InChI is InChI=1S/C14H21N3O2/c1-4-19-14(18)12-9-15-10(2)16-13(12)11-5-7-17(3)8-6-11/h9,11H,4-8H2,1-3H3. The first kappa shape index (κ1) is 13.9. The third-order valence-corrected chi connectivity index (χ3v) is 3.54. The molecule has 1 aromatic heterocycles. The molecule has 1 aliphatic rings. The van der Waals surface area contributed by atoms with Gasteiger partial charge in [0, 0.05) is 12.1 Å². The molecule has 1 fully saturated rings. The molecule has 0 aliphatic carbocycles. The Morgan fingerprint density at radius 1 is 1.47 bits per heavy atom. The molecule has 1 aliphatic heterocycles. The lowest BCUT2D eigenvalue weighted by Gasteiger charge is -2.29. The van der Waals surface area contributed by atoms with Crippen LogP contribution in [-0.2, 0) is 4.74 Å². The van der Waals surface area contributed by atoms with Crippen molar-refractivity contribution in [3.05, 3.63) is 23.3 Å². The van der Waals surface area contributed by atoms with Gasteiger partial charge in [0.25, 0.3) is 0 Å². The van der Waals surface area contributed by atoms with Crippen LogP contribution in [0.15, 0.2) is 6.20 Å². The summed E-state index contributed by atoms with van der Waals surface area (Å²) < 4.78 is 5.09. The van der Waals surface area contributed by atoms with E-state index >= 15 is 0 Å². The molecule has 0 aromatic carbocycles. The maximum Gasteiger partial charge on any atom is 0.341 e. The molecule has 5 heteroatoms. The van der Waals surface area contributed by atoms with E-state index in [2.05, 4.69) is 21.9 Å². The Bertz CT molecular complexity index is 454. The minimum Gasteiger partial charge on any atom is -0.462 e. The molecule has 0 spiro atoms. The Morgan fingerprint density at radius 2 is 2.16 bits per heavy atom. The minimum absolute atomic E-state index is 0.309. The van der Waals surface area contributed by atoms with Crippen molar-refractivity contribution in [2.75, 3.05) is 26.7 Å². The van der Waals surface area contributed by atoms with Crippen molar-refractivity contribution in [2.24, 2.45) is 0 Å². The van der Waals surface area contributed by atoms with Gasteiger partial charge in [-0.25, -0.2) is 14.8 Å². The summed E-state index contributed by atoms with van der Waals surface area (Å²) in [4.78, 5) is 22.9. The molecule has 1 saturated heterocycles. The predicted octanol–water partition coefficient (Wildman–Crippen LogP) is 1.77. The fraction of sp³-hybridized carbons (Fsp3) is 0.643. The zero-order chi connectivity index (χ0) is 13.8. The summed E-state index contributed by atoms with van der Waals surface area (Å²) >= 11 is 0. The molecule has 0 saturated carbocycles. The average molecular weight is 263 g/mol. The van der Waals surface area contributed by atoms with Gasteiger partial charge in [0.2, 0.25) is 0 Å². The van der Waals surface area contributed by atoms with Crippen LogP contribution >= 0.6 is 0 Å². The molecule has 0 bridgehead atoms. The molecular weight excluding hydrogens is 242 g/mol. The van der Waals surface area contributed by atoms with Gasteiger partial charge in [0.15, 0.2) is 0 Å². The third kappa shape index (κ3) is 3.29. The molecule has 0 radical (unpaired) electrons. The second-order valence-corrected chi connectivity index (χ2v) is 5.01. The fourth-order valence-electron chi connectivity index (χ4n) is 2.45. The Labute approximate surface area is 114 Å². The summed E-state index contributed by atoms with van der Waals surface area (Å²) in [5.74, 6) is 0.732. The van der Waals surface area contributed by atoms with Crippen LogP contribution in [0.2, 0.25) is 0 Å². The molecule has 0 unspecified atom stereocenters.